The number of aromatic nitrogens is 1. The molecule has 1 aromatic rings. The van der Waals surface area contributed by atoms with Gasteiger partial charge in [-0.2, -0.15) is 0 Å². The molecule has 0 saturated carbocycles. The molecule has 0 bridgehead atoms. The summed E-state index contributed by atoms with van der Waals surface area (Å²) in [7, 11) is 1.58. The van der Waals surface area contributed by atoms with Crippen molar-refractivity contribution in [2.24, 2.45) is 4.99 Å². The molecule has 0 radical (unpaired) electrons. The van der Waals surface area contributed by atoms with Gasteiger partial charge in [0.1, 0.15) is 5.69 Å². The highest BCUT2D eigenvalue weighted by atomic mass is 19.1. The third-order valence-electron chi connectivity index (χ3n) is 1.90. The van der Waals surface area contributed by atoms with Crippen molar-refractivity contribution >= 4 is 6.21 Å². The summed E-state index contributed by atoms with van der Waals surface area (Å²) in [5.74, 6) is 0.200. The van der Waals surface area contributed by atoms with Crippen LogP contribution in [0.3, 0.4) is 0 Å². The van der Waals surface area contributed by atoms with Gasteiger partial charge in [-0.1, -0.05) is 0 Å². The van der Waals surface area contributed by atoms with Crippen LogP contribution in [-0.2, 0) is 6.42 Å². The fourth-order valence-corrected chi connectivity index (χ4v) is 1.30. The van der Waals surface area contributed by atoms with Crippen LogP contribution in [0.1, 0.15) is 11.3 Å². The summed E-state index contributed by atoms with van der Waals surface area (Å²) >= 11 is 0. The number of hydrogen-bond donors (Lipinski definition) is 0. The summed E-state index contributed by atoms with van der Waals surface area (Å²) in [6, 6.07) is 1.46. The van der Waals surface area contributed by atoms with E-state index in [4.69, 9.17) is 4.74 Å². The lowest BCUT2D eigenvalue weighted by molar-refractivity contribution is 0.344. The number of fused-ring (bicyclic) bond motifs is 1. The largest absolute Gasteiger partial charge is 0.477 e. The normalized spacial score (nSPS) is 14.6. The molecule has 3 nitrogen and oxygen atoms in total. The number of nitrogens with zero attached hydrogens (tertiary/aromatic N) is 2. The van der Waals surface area contributed by atoms with Crippen LogP contribution >= 0.6 is 0 Å². The van der Waals surface area contributed by atoms with Crippen LogP contribution < -0.4 is 4.74 Å². The summed E-state index contributed by atoms with van der Waals surface area (Å²) < 4.78 is 18.4. The van der Waals surface area contributed by atoms with Gasteiger partial charge in [-0.3, -0.25) is 4.99 Å². The molecule has 2 heterocycles. The molecule has 68 valence electrons. The van der Waals surface area contributed by atoms with E-state index >= 15 is 0 Å². The highest BCUT2D eigenvalue weighted by Crippen LogP contribution is 2.23. The summed E-state index contributed by atoms with van der Waals surface area (Å²) in [5, 5.41) is 0. The Morgan fingerprint density at radius 2 is 2.54 bits per heavy atom. The SMILES string of the molecule is CN=Cc1nc2c(cc1F)CCO2. The molecule has 0 spiro atoms. The minimum absolute atomic E-state index is 0.239. The Hall–Kier alpha value is -1.45. The Bertz CT molecular complexity index is 363. The number of hydrogen-bond acceptors (Lipinski definition) is 3. The Morgan fingerprint density at radius 1 is 1.69 bits per heavy atom. The van der Waals surface area contributed by atoms with E-state index in [1.54, 1.807) is 7.05 Å². The maximum absolute atomic E-state index is 13.2. The summed E-state index contributed by atoms with van der Waals surface area (Å²) in [6.07, 6.45) is 2.13. The van der Waals surface area contributed by atoms with Crippen molar-refractivity contribution in [3.05, 3.63) is 23.1 Å². The molecule has 4 heteroatoms. The molecule has 0 unspecified atom stereocenters. The summed E-state index contributed by atoms with van der Waals surface area (Å²) in [4.78, 5) is 7.71. The first kappa shape index (κ1) is 8.16. The van der Waals surface area contributed by atoms with Crippen molar-refractivity contribution < 1.29 is 9.13 Å². The van der Waals surface area contributed by atoms with Gasteiger partial charge in [0.15, 0.2) is 5.82 Å². The molecule has 1 aromatic heterocycles. The Morgan fingerprint density at radius 3 is 3.31 bits per heavy atom. The highest BCUT2D eigenvalue weighted by molar-refractivity contribution is 5.77. The van der Waals surface area contributed by atoms with Crippen LogP contribution in [-0.4, -0.2) is 24.9 Å². The average molecular weight is 180 g/mol. The van der Waals surface area contributed by atoms with Gasteiger partial charge >= 0.3 is 0 Å². The molecule has 1 aliphatic heterocycles. The lowest BCUT2D eigenvalue weighted by atomic mass is 10.2. The summed E-state index contributed by atoms with van der Waals surface area (Å²) in [5.41, 5.74) is 1.08. The van der Waals surface area contributed by atoms with Crippen LogP contribution in [0.5, 0.6) is 5.88 Å². The van der Waals surface area contributed by atoms with E-state index in [1.807, 2.05) is 0 Å². The van der Waals surface area contributed by atoms with E-state index in [9.17, 15) is 4.39 Å². The lowest BCUT2D eigenvalue weighted by Crippen LogP contribution is -1.96. The third-order valence-corrected chi connectivity index (χ3v) is 1.90. The van der Waals surface area contributed by atoms with Crippen LogP contribution in [0, 0.1) is 5.82 Å². The predicted molar refractivity (Wildman–Crippen MR) is 46.9 cm³/mol. The van der Waals surface area contributed by atoms with Gasteiger partial charge in [0, 0.05) is 25.2 Å². The molecular weight excluding hydrogens is 171 g/mol. The van der Waals surface area contributed by atoms with Crippen LogP contribution in [0.2, 0.25) is 0 Å². The molecule has 0 amide bonds. The zero-order valence-corrected chi connectivity index (χ0v) is 7.25. The van der Waals surface area contributed by atoms with Crippen molar-refractivity contribution in [1.29, 1.82) is 0 Å². The zero-order valence-electron chi connectivity index (χ0n) is 7.25. The number of halogens is 1. The van der Waals surface area contributed by atoms with Gasteiger partial charge in [-0.15, -0.1) is 0 Å². The number of aliphatic imine (C=N–C) groups is 1. The van der Waals surface area contributed by atoms with Crippen molar-refractivity contribution in [2.75, 3.05) is 13.7 Å². The third kappa shape index (κ3) is 1.39. The maximum atomic E-state index is 13.2. The second-order valence-corrected chi connectivity index (χ2v) is 2.81. The van der Waals surface area contributed by atoms with E-state index in [0.717, 1.165) is 12.0 Å². The molecule has 13 heavy (non-hydrogen) atoms. The van der Waals surface area contributed by atoms with Gasteiger partial charge < -0.3 is 4.74 Å². The van der Waals surface area contributed by atoms with E-state index in [1.165, 1.54) is 12.3 Å². The summed E-state index contributed by atoms with van der Waals surface area (Å²) in [6.45, 7) is 0.592. The van der Waals surface area contributed by atoms with Crippen molar-refractivity contribution in [3.8, 4) is 5.88 Å². The van der Waals surface area contributed by atoms with Gasteiger partial charge in [0.05, 0.1) is 6.61 Å². The van der Waals surface area contributed by atoms with Crippen LogP contribution in [0.4, 0.5) is 4.39 Å². The number of rotatable bonds is 1. The molecule has 0 fully saturated rings. The monoisotopic (exact) mass is 180 g/mol. The van der Waals surface area contributed by atoms with Gasteiger partial charge in [-0.05, 0) is 6.07 Å². The van der Waals surface area contributed by atoms with Gasteiger partial charge in [-0.25, -0.2) is 9.37 Å². The quantitative estimate of drug-likeness (QED) is 0.609. The van der Waals surface area contributed by atoms with E-state index in [0.29, 0.717) is 12.5 Å². The standard InChI is InChI=1S/C9H9FN2O/c1-11-5-8-7(10)4-6-2-3-13-9(6)12-8/h4-5H,2-3H2,1H3. The molecule has 1 aliphatic rings. The minimum Gasteiger partial charge on any atom is -0.477 e. The first-order valence-electron chi connectivity index (χ1n) is 4.05. The number of pyridine rings is 1. The van der Waals surface area contributed by atoms with E-state index < -0.39 is 0 Å². The molecule has 0 atom stereocenters. The second-order valence-electron chi connectivity index (χ2n) is 2.81. The molecule has 0 aliphatic carbocycles. The average Bonchev–Trinajstić information content (AvgIpc) is 2.52. The Labute approximate surface area is 75.3 Å². The van der Waals surface area contributed by atoms with E-state index in [-0.39, 0.29) is 11.5 Å². The topological polar surface area (TPSA) is 34.5 Å². The molecule has 0 saturated heterocycles. The number of ether oxygens (including phenoxy) is 1. The lowest BCUT2D eigenvalue weighted by Gasteiger charge is -2.00. The first-order valence-corrected chi connectivity index (χ1v) is 4.05. The van der Waals surface area contributed by atoms with Crippen molar-refractivity contribution in [1.82, 2.24) is 4.98 Å². The zero-order chi connectivity index (χ0) is 9.26. The fourth-order valence-electron chi connectivity index (χ4n) is 1.30. The van der Waals surface area contributed by atoms with E-state index in [2.05, 4.69) is 9.98 Å². The molecular formula is C9H9FN2O. The smallest absolute Gasteiger partial charge is 0.217 e. The Kier molecular flexibility index (Phi) is 1.96. The van der Waals surface area contributed by atoms with Crippen LogP contribution in [0.25, 0.3) is 0 Å². The maximum Gasteiger partial charge on any atom is 0.217 e. The Balaban J connectivity index is 2.49. The minimum atomic E-state index is -0.338. The highest BCUT2D eigenvalue weighted by Gasteiger charge is 2.16. The van der Waals surface area contributed by atoms with Crippen molar-refractivity contribution in [2.45, 2.75) is 6.42 Å². The molecule has 0 aromatic carbocycles. The predicted octanol–water partition coefficient (Wildman–Crippen LogP) is 1.20. The van der Waals surface area contributed by atoms with Crippen molar-refractivity contribution in [3.63, 3.8) is 0 Å². The van der Waals surface area contributed by atoms with Crippen LogP contribution in [0.15, 0.2) is 11.1 Å². The first-order chi connectivity index (χ1) is 6.31. The van der Waals surface area contributed by atoms with Gasteiger partial charge in [0.25, 0.3) is 0 Å². The second kappa shape index (κ2) is 3.12. The fraction of sp³-hybridized carbons (Fsp3) is 0.333. The van der Waals surface area contributed by atoms with Gasteiger partial charge in [0.2, 0.25) is 5.88 Å². The molecule has 2 rings (SSSR count). The molecule has 0 N–H and O–H groups in total.